The number of halogens is 1. The second kappa shape index (κ2) is 5.78. The Hall–Kier alpha value is -2.00. The number of para-hydroxylation sites is 1. The van der Waals surface area contributed by atoms with E-state index in [1.165, 1.54) is 0 Å². The van der Waals surface area contributed by atoms with E-state index >= 15 is 0 Å². The molecule has 3 rings (SSSR count). The number of hydrogen-bond donors (Lipinski definition) is 2. The van der Waals surface area contributed by atoms with Gasteiger partial charge in [0, 0.05) is 21.1 Å². The zero-order chi connectivity index (χ0) is 14.8. The lowest BCUT2D eigenvalue weighted by molar-refractivity contribution is 0.472. The van der Waals surface area contributed by atoms with Crippen molar-refractivity contribution in [1.29, 1.82) is 0 Å². The number of hydrogen-bond acceptors (Lipinski definition) is 2. The molecule has 21 heavy (non-hydrogen) atoms. The van der Waals surface area contributed by atoms with Gasteiger partial charge in [-0.3, -0.25) is 0 Å². The number of benzene rings is 3. The molecule has 0 aliphatic heterocycles. The normalized spacial score (nSPS) is 12.3. The Bertz CT molecular complexity index is 785. The smallest absolute Gasteiger partial charge is 0.128 e. The van der Waals surface area contributed by atoms with Crippen molar-refractivity contribution in [3.63, 3.8) is 0 Å². The summed E-state index contributed by atoms with van der Waals surface area (Å²) >= 11 is 3.53. The zero-order valence-electron chi connectivity index (χ0n) is 11.7. The summed E-state index contributed by atoms with van der Waals surface area (Å²) in [5.74, 6) is 0.347. The molecule has 1 atom stereocenters. The largest absolute Gasteiger partial charge is 0.507 e. The van der Waals surface area contributed by atoms with Crippen LogP contribution >= 0.6 is 15.9 Å². The lowest BCUT2D eigenvalue weighted by atomic mass is 10.0. The van der Waals surface area contributed by atoms with Gasteiger partial charge in [-0.05, 0) is 40.4 Å². The predicted octanol–water partition coefficient (Wildman–Crippen LogP) is 5.48. The highest BCUT2D eigenvalue weighted by Gasteiger charge is 2.13. The Morgan fingerprint density at radius 1 is 0.952 bits per heavy atom. The van der Waals surface area contributed by atoms with Crippen LogP contribution in [0.5, 0.6) is 5.75 Å². The van der Waals surface area contributed by atoms with Gasteiger partial charge in [0.2, 0.25) is 0 Å². The molecule has 0 saturated carbocycles. The van der Waals surface area contributed by atoms with E-state index in [9.17, 15) is 5.11 Å². The Kier molecular flexibility index (Phi) is 3.84. The minimum atomic E-state index is 0.00769. The number of phenolic OH excluding ortho intramolecular Hbond substituents is 1. The summed E-state index contributed by atoms with van der Waals surface area (Å²) in [6.45, 7) is 2.04. The summed E-state index contributed by atoms with van der Waals surface area (Å²) in [6.07, 6.45) is 0. The van der Waals surface area contributed by atoms with E-state index in [-0.39, 0.29) is 6.04 Å². The lowest BCUT2D eigenvalue weighted by Crippen LogP contribution is -2.07. The van der Waals surface area contributed by atoms with Crippen molar-refractivity contribution < 1.29 is 5.11 Å². The van der Waals surface area contributed by atoms with Crippen LogP contribution in [-0.2, 0) is 0 Å². The molecule has 0 aliphatic carbocycles. The van der Waals surface area contributed by atoms with E-state index in [0.717, 1.165) is 26.5 Å². The highest BCUT2D eigenvalue weighted by Crippen LogP contribution is 2.34. The number of aromatic hydroxyl groups is 1. The van der Waals surface area contributed by atoms with Crippen LogP contribution in [0, 0.1) is 0 Å². The van der Waals surface area contributed by atoms with Crippen molar-refractivity contribution in [2.75, 3.05) is 5.32 Å². The van der Waals surface area contributed by atoms with Gasteiger partial charge in [-0.2, -0.15) is 0 Å². The molecule has 0 spiro atoms. The molecule has 0 radical (unpaired) electrons. The molecule has 0 aromatic heterocycles. The van der Waals surface area contributed by atoms with Crippen LogP contribution in [0.1, 0.15) is 18.5 Å². The summed E-state index contributed by atoms with van der Waals surface area (Å²) in [6, 6.07) is 19.9. The number of rotatable bonds is 3. The quantitative estimate of drug-likeness (QED) is 0.660. The number of fused-ring (bicyclic) bond motifs is 1. The molecular formula is C18H16BrNO. The van der Waals surface area contributed by atoms with Crippen LogP contribution in [0.3, 0.4) is 0 Å². The second-order valence-electron chi connectivity index (χ2n) is 5.07. The molecular weight excluding hydrogens is 326 g/mol. The SMILES string of the molecule is CC(Nc1ccccc1Br)c1ccc2ccccc2c1O. The number of anilines is 1. The highest BCUT2D eigenvalue weighted by molar-refractivity contribution is 9.10. The van der Waals surface area contributed by atoms with Gasteiger partial charge in [-0.25, -0.2) is 0 Å². The fourth-order valence-corrected chi connectivity index (χ4v) is 2.91. The van der Waals surface area contributed by atoms with Crippen molar-refractivity contribution in [2.24, 2.45) is 0 Å². The van der Waals surface area contributed by atoms with Gasteiger partial charge in [0.25, 0.3) is 0 Å². The molecule has 1 unspecified atom stereocenters. The first-order valence-corrected chi connectivity index (χ1v) is 7.68. The fraction of sp³-hybridized carbons (Fsp3) is 0.111. The third-order valence-electron chi connectivity index (χ3n) is 3.64. The van der Waals surface area contributed by atoms with Crippen molar-refractivity contribution >= 4 is 32.4 Å². The standard InChI is InChI=1S/C18H16BrNO/c1-12(20-17-9-5-4-8-16(17)19)14-11-10-13-6-2-3-7-15(13)18(14)21/h2-12,20-21H,1H3. The van der Waals surface area contributed by atoms with E-state index in [0.29, 0.717) is 5.75 Å². The third-order valence-corrected chi connectivity index (χ3v) is 4.34. The van der Waals surface area contributed by atoms with Crippen molar-refractivity contribution in [3.8, 4) is 5.75 Å². The molecule has 0 fully saturated rings. The average Bonchev–Trinajstić information content (AvgIpc) is 2.50. The highest BCUT2D eigenvalue weighted by atomic mass is 79.9. The van der Waals surface area contributed by atoms with Crippen LogP contribution in [0.4, 0.5) is 5.69 Å². The van der Waals surface area contributed by atoms with Crippen LogP contribution in [0.15, 0.2) is 65.1 Å². The molecule has 0 heterocycles. The Morgan fingerprint density at radius 2 is 1.67 bits per heavy atom. The zero-order valence-corrected chi connectivity index (χ0v) is 13.3. The van der Waals surface area contributed by atoms with Crippen LogP contribution in [-0.4, -0.2) is 5.11 Å². The molecule has 0 saturated heterocycles. The summed E-state index contributed by atoms with van der Waals surface area (Å²) in [7, 11) is 0. The number of nitrogens with one attached hydrogen (secondary N) is 1. The molecule has 2 N–H and O–H groups in total. The molecule has 3 aromatic rings. The summed E-state index contributed by atoms with van der Waals surface area (Å²) in [5.41, 5.74) is 1.90. The van der Waals surface area contributed by atoms with Gasteiger partial charge in [-0.15, -0.1) is 0 Å². The summed E-state index contributed by atoms with van der Waals surface area (Å²) < 4.78 is 1.01. The van der Waals surface area contributed by atoms with E-state index in [4.69, 9.17) is 0 Å². The van der Waals surface area contributed by atoms with Gasteiger partial charge in [-0.1, -0.05) is 48.5 Å². The Labute approximate surface area is 132 Å². The third kappa shape index (κ3) is 2.74. The Balaban J connectivity index is 1.97. The lowest BCUT2D eigenvalue weighted by Gasteiger charge is -2.19. The number of phenols is 1. The fourth-order valence-electron chi connectivity index (χ4n) is 2.51. The summed E-state index contributed by atoms with van der Waals surface area (Å²) in [4.78, 5) is 0. The minimum Gasteiger partial charge on any atom is -0.507 e. The van der Waals surface area contributed by atoms with Gasteiger partial charge < -0.3 is 10.4 Å². The second-order valence-corrected chi connectivity index (χ2v) is 5.92. The molecule has 3 aromatic carbocycles. The van der Waals surface area contributed by atoms with Gasteiger partial charge in [0.05, 0.1) is 6.04 Å². The molecule has 0 aliphatic rings. The van der Waals surface area contributed by atoms with Gasteiger partial charge in [0.15, 0.2) is 0 Å². The molecule has 0 amide bonds. The van der Waals surface area contributed by atoms with Gasteiger partial charge >= 0.3 is 0 Å². The van der Waals surface area contributed by atoms with Crippen LogP contribution in [0.25, 0.3) is 10.8 Å². The van der Waals surface area contributed by atoms with Crippen molar-refractivity contribution in [1.82, 2.24) is 0 Å². The van der Waals surface area contributed by atoms with Gasteiger partial charge in [0.1, 0.15) is 5.75 Å². The Morgan fingerprint density at radius 3 is 2.48 bits per heavy atom. The van der Waals surface area contributed by atoms with E-state index < -0.39 is 0 Å². The van der Waals surface area contributed by atoms with Crippen molar-refractivity contribution in [2.45, 2.75) is 13.0 Å². The van der Waals surface area contributed by atoms with E-state index in [2.05, 4.69) is 21.2 Å². The maximum absolute atomic E-state index is 10.5. The average molecular weight is 342 g/mol. The predicted molar refractivity (Wildman–Crippen MR) is 91.8 cm³/mol. The first-order valence-electron chi connectivity index (χ1n) is 6.88. The first kappa shape index (κ1) is 14.0. The van der Waals surface area contributed by atoms with E-state index in [1.807, 2.05) is 67.6 Å². The molecule has 3 heteroatoms. The topological polar surface area (TPSA) is 32.3 Å². The molecule has 106 valence electrons. The van der Waals surface area contributed by atoms with Crippen LogP contribution in [0.2, 0.25) is 0 Å². The monoisotopic (exact) mass is 341 g/mol. The molecule has 2 nitrogen and oxygen atoms in total. The van der Waals surface area contributed by atoms with Crippen molar-refractivity contribution in [3.05, 3.63) is 70.7 Å². The van der Waals surface area contributed by atoms with Crippen LogP contribution < -0.4 is 5.32 Å². The molecule has 0 bridgehead atoms. The summed E-state index contributed by atoms with van der Waals surface area (Å²) in [5, 5.41) is 15.9. The maximum atomic E-state index is 10.5. The minimum absolute atomic E-state index is 0.00769. The first-order chi connectivity index (χ1) is 10.2. The maximum Gasteiger partial charge on any atom is 0.128 e. The van der Waals surface area contributed by atoms with E-state index in [1.54, 1.807) is 0 Å².